The molecule has 1 amide bonds. The molecule has 0 unspecified atom stereocenters. The van der Waals surface area contributed by atoms with E-state index < -0.39 is 0 Å². The third kappa shape index (κ3) is 3.61. The average Bonchev–Trinajstić information content (AvgIpc) is 3.14. The molecule has 1 fully saturated rings. The van der Waals surface area contributed by atoms with Crippen molar-refractivity contribution in [2.75, 3.05) is 13.1 Å². The zero-order chi connectivity index (χ0) is 16.4. The van der Waals surface area contributed by atoms with Gasteiger partial charge in [-0.1, -0.05) is 5.21 Å². The molecule has 0 atom stereocenters. The maximum Gasteiger partial charge on any atom is 0.263 e. The number of aliphatic hydroxyl groups is 1. The smallest absolute Gasteiger partial charge is 0.263 e. The van der Waals surface area contributed by atoms with Gasteiger partial charge in [-0.05, 0) is 44.2 Å². The van der Waals surface area contributed by atoms with Gasteiger partial charge in [0.05, 0.1) is 17.7 Å². The van der Waals surface area contributed by atoms with Crippen LogP contribution in [0.2, 0.25) is 0 Å². The van der Waals surface area contributed by atoms with Gasteiger partial charge in [0.15, 0.2) is 0 Å². The summed E-state index contributed by atoms with van der Waals surface area (Å²) in [5.41, 5.74) is 1.79. The van der Waals surface area contributed by atoms with Crippen LogP contribution in [-0.4, -0.2) is 44.0 Å². The second kappa shape index (κ2) is 6.80. The highest BCUT2D eigenvalue weighted by molar-refractivity contribution is 7.14. The number of carbonyl (C=O) groups is 1. The molecule has 23 heavy (non-hydrogen) atoms. The molecule has 3 heterocycles. The first-order valence-corrected chi connectivity index (χ1v) is 8.74. The lowest BCUT2D eigenvalue weighted by atomic mass is 9.96. The predicted octanol–water partition coefficient (Wildman–Crippen LogP) is 2.00. The van der Waals surface area contributed by atoms with Crippen LogP contribution < -0.4 is 0 Å². The van der Waals surface area contributed by atoms with E-state index in [1.54, 1.807) is 22.2 Å². The summed E-state index contributed by atoms with van der Waals surface area (Å²) in [7, 11) is 0. The number of hydrogen-bond acceptors (Lipinski definition) is 5. The summed E-state index contributed by atoms with van der Waals surface area (Å²) < 4.78 is 1.79. The monoisotopic (exact) mass is 334 g/mol. The third-order valence-electron chi connectivity index (χ3n) is 4.47. The molecule has 2 aromatic rings. The van der Waals surface area contributed by atoms with Crippen LogP contribution in [0.15, 0.2) is 12.3 Å². The molecule has 6 nitrogen and oxygen atoms in total. The Balaban J connectivity index is 1.54. The van der Waals surface area contributed by atoms with Crippen molar-refractivity contribution in [1.82, 2.24) is 19.9 Å². The van der Waals surface area contributed by atoms with E-state index >= 15 is 0 Å². The largest absolute Gasteiger partial charge is 0.390 e. The van der Waals surface area contributed by atoms with E-state index in [4.69, 9.17) is 5.11 Å². The van der Waals surface area contributed by atoms with Crippen LogP contribution in [0.1, 0.15) is 38.6 Å². The summed E-state index contributed by atoms with van der Waals surface area (Å²) >= 11 is 1.59. The van der Waals surface area contributed by atoms with Crippen molar-refractivity contribution in [2.45, 2.75) is 39.8 Å². The van der Waals surface area contributed by atoms with Crippen LogP contribution in [0.3, 0.4) is 0 Å². The summed E-state index contributed by atoms with van der Waals surface area (Å²) in [6.07, 6.45) is 3.74. The van der Waals surface area contributed by atoms with Crippen molar-refractivity contribution in [3.63, 3.8) is 0 Å². The van der Waals surface area contributed by atoms with Gasteiger partial charge in [-0.15, -0.1) is 16.4 Å². The lowest BCUT2D eigenvalue weighted by Gasteiger charge is -2.31. The molecule has 0 radical (unpaired) electrons. The highest BCUT2D eigenvalue weighted by Gasteiger charge is 2.25. The molecule has 0 spiro atoms. The van der Waals surface area contributed by atoms with Crippen molar-refractivity contribution >= 4 is 17.2 Å². The van der Waals surface area contributed by atoms with Gasteiger partial charge in [-0.25, -0.2) is 0 Å². The van der Waals surface area contributed by atoms with Crippen LogP contribution in [0.25, 0.3) is 0 Å². The zero-order valence-electron chi connectivity index (χ0n) is 13.5. The molecule has 1 N–H and O–H groups in total. The first kappa shape index (κ1) is 16.1. The maximum atomic E-state index is 12.6. The Labute approximate surface area is 139 Å². The highest BCUT2D eigenvalue weighted by atomic mass is 32.1. The highest BCUT2D eigenvalue weighted by Crippen LogP contribution is 2.25. The molecular weight excluding hydrogens is 312 g/mol. The molecule has 0 aromatic carbocycles. The molecule has 1 aliphatic rings. The Kier molecular flexibility index (Phi) is 4.77. The van der Waals surface area contributed by atoms with Crippen LogP contribution in [0, 0.1) is 19.8 Å². The first-order valence-electron chi connectivity index (χ1n) is 7.93. The van der Waals surface area contributed by atoms with E-state index in [1.165, 1.54) is 10.4 Å². The Morgan fingerprint density at radius 1 is 1.39 bits per heavy atom. The van der Waals surface area contributed by atoms with Crippen molar-refractivity contribution in [2.24, 2.45) is 5.92 Å². The van der Waals surface area contributed by atoms with Gasteiger partial charge in [-0.3, -0.25) is 9.48 Å². The fourth-order valence-electron chi connectivity index (χ4n) is 2.92. The van der Waals surface area contributed by atoms with E-state index in [0.717, 1.165) is 37.4 Å². The van der Waals surface area contributed by atoms with Gasteiger partial charge in [0.25, 0.3) is 5.91 Å². The summed E-state index contributed by atoms with van der Waals surface area (Å²) in [6, 6.07) is 2.00. The first-order chi connectivity index (χ1) is 11.1. The third-order valence-corrected chi connectivity index (χ3v) is 5.61. The maximum absolute atomic E-state index is 12.6. The summed E-state index contributed by atoms with van der Waals surface area (Å²) in [5.74, 6) is 0.659. The number of amides is 1. The summed E-state index contributed by atoms with van der Waals surface area (Å²) in [6.45, 7) is 6.41. The number of piperidine rings is 1. The van der Waals surface area contributed by atoms with Crippen molar-refractivity contribution in [3.05, 3.63) is 33.3 Å². The number of aliphatic hydroxyl groups excluding tert-OH is 1. The Hall–Kier alpha value is -1.73. The summed E-state index contributed by atoms with van der Waals surface area (Å²) in [5, 5.41) is 16.9. The van der Waals surface area contributed by atoms with E-state index in [2.05, 4.69) is 17.2 Å². The standard InChI is InChI=1S/C16H22N4O2S/c1-11-7-15(23-12(11)2)16(22)19-5-3-13(4-6-19)8-20-9-14(10-21)17-18-20/h7,9,13,21H,3-6,8,10H2,1-2H3. The predicted molar refractivity (Wildman–Crippen MR) is 88.4 cm³/mol. The summed E-state index contributed by atoms with van der Waals surface area (Å²) in [4.78, 5) is 16.6. The molecule has 124 valence electrons. The number of carbonyl (C=O) groups excluding carboxylic acids is 1. The minimum Gasteiger partial charge on any atom is -0.390 e. The van der Waals surface area contributed by atoms with Gasteiger partial charge in [0.2, 0.25) is 0 Å². The molecule has 7 heteroatoms. The molecule has 1 saturated heterocycles. The number of rotatable bonds is 4. The van der Waals surface area contributed by atoms with Gasteiger partial charge in [-0.2, -0.15) is 0 Å². The van der Waals surface area contributed by atoms with Crippen LogP contribution in [0.4, 0.5) is 0 Å². The number of thiophene rings is 1. The molecule has 3 rings (SSSR count). The van der Waals surface area contributed by atoms with Crippen molar-refractivity contribution in [3.8, 4) is 0 Å². The normalized spacial score (nSPS) is 16.0. The second-order valence-electron chi connectivity index (χ2n) is 6.18. The van der Waals surface area contributed by atoms with Gasteiger partial charge >= 0.3 is 0 Å². The number of hydrogen-bond donors (Lipinski definition) is 1. The SMILES string of the molecule is Cc1cc(C(=O)N2CCC(Cn3cc(CO)nn3)CC2)sc1C. The van der Waals surface area contributed by atoms with Crippen LogP contribution in [0.5, 0.6) is 0 Å². The molecule has 1 aliphatic heterocycles. The van der Waals surface area contributed by atoms with E-state index in [9.17, 15) is 4.79 Å². The van der Waals surface area contributed by atoms with Crippen LogP contribution in [-0.2, 0) is 13.2 Å². The van der Waals surface area contributed by atoms with Crippen molar-refractivity contribution < 1.29 is 9.90 Å². The van der Waals surface area contributed by atoms with Crippen LogP contribution >= 0.6 is 11.3 Å². The molecule has 0 saturated carbocycles. The molecule has 0 aliphatic carbocycles. The number of aromatic nitrogens is 3. The molecule has 2 aromatic heterocycles. The minimum absolute atomic E-state index is 0.0768. The Morgan fingerprint density at radius 3 is 2.70 bits per heavy atom. The second-order valence-corrected chi connectivity index (χ2v) is 7.43. The number of nitrogens with zero attached hydrogens (tertiary/aromatic N) is 4. The van der Waals surface area contributed by atoms with Gasteiger partial charge in [0.1, 0.15) is 5.69 Å². The molecular formula is C16H22N4O2S. The van der Waals surface area contributed by atoms with Gasteiger partial charge < -0.3 is 10.0 Å². The fourth-order valence-corrected chi connectivity index (χ4v) is 3.92. The lowest BCUT2D eigenvalue weighted by Crippen LogP contribution is -2.39. The van der Waals surface area contributed by atoms with E-state index in [-0.39, 0.29) is 12.5 Å². The Bertz CT molecular complexity index is 667. The lowest BCUT2D eigenvalue weighted by molar-refractivity contribution is 0.0686. The molecule has 0 bridgehead atoms. The van der Waals surface area contributed by atoms with Crippen molar-refractivity contribution in [1.29, 1.82) is 0 Å². The zero-order valence-corrected chi connectivity index (χ0v) is 14.3. The van der Waals surface area contributed by atoms with Gasteiger partial charge in [0, 0.05) is 24.5 Å². The number of aryl methyl sites for hydroxylation is 2. The Morgan fingerprint density at radius 2 is 2.13 bits per heavy atom. The van der Waals surface area contributed by atoms with E-state index in [1.807, 2.05) is 17.9 Å². The number of likely N-dealkylation sites (tertiary alicyclic amines) is 1. The van der Waals surface area contributed by atoms with E-state index in [0.29, 0.717) is 11.6 Å². The quantitative estimate of drug-likeness (QED) is 0.928. The fraction of sp³-hybridized carbons (Fsp3) is 0.562. The minimum atomic E-state index is -0.0768. The topological polar surface area (TPSA) is 71.2 Å². The average molecular weight is 334 g/mol.